The van der Waals surface area contributed by atoms with Gasteiger partial charge in [-0.3, -0.25) is 32.5 Å². The highest BCUT2D eigenvalue weighted by molar-refractivity contribution is 7.47. The van der Waals surface area contributed by atoms with Crippen molar-refractivity contribution in [3.63, 3.8) is 0 Å². The van der Waals surface area contributed by atoms with Crippen molar-refractivity contribution in [2.45, 2.75) is 257 Å². The highest BCUT2D eigenvalue weighted by atomic mass is 31.2. The summed E-state index contributed by atoms with van der Waals surface area (Å²) < 4.78 is 60.8. The van der Waals surface area contributed by atoms with Crippen LogP contribution in [0.25, 0.3) is 0 Å². The van der Waals surface area contributed by atoms with E-state index in [2.05, 4.69) is 167 Å². The van der Waals surface area contributed by atoms with Gasteiger partial charge in [-0.15, -0.1) is 0 Å². The first kappa shape index (κ1) is 86.4. The third kappa shape index (κ3) is 66.7. The standard InChI is InChI=1S/C73H120O16P2/c1-4-7-10-13-16-19-22-25-28-30-31-32-33-34-35-37-40-41-44-47-50-53-56-59-71(76)83-62-68(74)63-85-90(79,80)86-64-69(75)65-87-91(81,82)88-67-70(89-73(78)61-58-55-52-49-46-43-38-27-24-21-18-15-12-9-6-3)66-84-72(77)60-57-54-51-48-45-42-39-36-29-26-23-20-17-14-11-8-5-2/h7-12,16-21,25-29,31-32,34-35,38,40-41,68-70,74-75H,4-6,13-15,22-24,30,33,36-37,39,42-67H2,1-3H3,(H,79,80)(H,81,82)/b10-7-,11-8-,12-9-,19-16-,20-17-,21-18-,28-25-,29-26-,32-31-,35-34-,38-27-,41-40-. The molecule has 0 saturated heterocycles. The molecule has 0 aromatic carbocycles. The number of aliphatic hydroxyl groups excluding tert-OH is 2. The summed E-state index contributed by atoms with van der Waals surface area (Å²) in [6, 6.07) is 0. The summed E-state index contributed by atoms with van der Waals surface area (Å²) in [4.78, 5) is 58.4. The van der Waals surface area contributed by atoms with E-state index >= 15 is 0 Å². The zero-order valence-electron chi connectivity index (χ0n) is 56.0. The van der Waals surface area contributed by atoms with Crippen LogP contribution in [0.15, 0.2) is 146 Å². The second-order valence-electron chi connectivity index (χ2n) is 22.2. The first-order valence-electron chi connectivity index (χ1n) is 34.1. The number of phosphoric ester groups is 2. The Morgan fingerprint density at radius 2 is 0.549 bits per heavy atom. The molecular formula is C73H120O16P2. The summed E-state index contributed by atoms with van der Waals surface area (Å²) in [5, 5.41) is 20.5. The zero-order valence-corrected chi connectivity index (χ0v) is 57.7. The molecule has 5 unspecified atom stereocenters. The number of carbonyl (C=O) groups excluding carboxylic acids is 3. The molecule has 18 heteroatoms. The van der Waals surface area contributed by atoms with Gasteiger partial charge in [0.2, 0.25) is 0 Å². The van der Waals surface area contributed by atoms with Gasteiger partial charge in [0.05, 0.1) is 26.4 Å². The molecule has 0 aliphatic rings. The molecule has 0 aromatic rings. The van der Waals surface area contributed by atoms with Crippen molar-refractivity contribution in [3.05, 3.63) is 146 Å². The molecule has 0 heterocycles. The lowest BCUT2D eigenvalue weighted by molar-refractivity contribution is -0.161. The molecule has 0 bridgehead atoms. The van der Waals surface area contributed by atoms with Gasteiger partial charge in [0, 0.05) is 19.3 Å². The van der Waals surface area contributed by atoms with E-state index in [4.69, 9.17) is 32.3 Å². The zero-order chi connectivity index (χ0) is 66.7. The van der Waals surface area contributed by atoms with Gasteiger partial charge in [-0.1, -0.05) is 231 Å². The first-order chi connectivity index (χ1) is 44.2. The number of phosphoric acid groups is 2. The SMILES string of the molecule is CC/C=C\C/C=C\C/C=C\C/C=C\C/C=C\C/C=C\CCCCCCC(=O)OCC(O)COP(=O)(O)OCC(O)COP(=O)(O)OCC(COC(=O)CCCCCCCCC/C=C\C/C=C\C/C=C\CC)OC(=O)CCCCCCC/C=C\C/C=C\C/C=C\CC. The van der Waals surface area contributed by atoms with Crippen molar-refractivity contribution >= 4 is 33.6 Å². The minimum absolute atomic E-state index is 0.0777. The molecule has 0 amide bonds. The van der Waals surface area contributed by atoms with Gasteiger partial charge < -0.3 is 34.2 Å². The third-order valence-electron chi connectivity index (χ3n) is 13.5. The van der Waals surface area contributed by atoms with Gasteiger partial charge in [0.25, 0.3) is 0 Å². The van der Waals surface area contributed by atoms with E-state index in [9.17, 15) is 43.5 Å². The fourth-order valence-electron chi connectivity index (χ4n) is 8.42. The first-order valence-corrected chi connectivity index (χ1v) is 37.1. The molecule has 518 valence electrons. The molecule has 0 rings (SSSR count). The predicted molar refractivity (Wildman–Crippen MR) is 371 cm³/mol. The molecule has 0 saturated carbocycles. The molecule has 4 N–H and O–H groups in total. The Morgan fingerprint density at radius 3 is 0.868 bits per heavy atom. The molecule has 0 radical (unpaired) electrons. The van der Waals surface area contributed by atoms with Gasteiger partial charge >= 0.3 is 33.6 Å². The maximum atomic E-state index is 12.9. The van der Waals surface area contributed by atoms with Crippen LogP contribution in [-0.4, -0.2) is 95.9 Å². The summed E-state index contributed by atoms with van der Waals surface area (Å²) in [7, 11) is -9.80. The minimum Gasteiger partial charge on any atom is -0.463 e. The quantitative estimate of drug-likeness (QED) is 0.0146. The smallest absolute Gasteiger partial charge is 0.463 e. The highest BCUT2D eigenvalue weighted by Gasteiger charge is 2.29. The Kier molecular flexibility index (Phi) is 62.2. The molecule has 0 aromatic heterocycles. The lowest BCUT2D eigenvalue weighted by Crippen LogP contribution is -2.30. The molecular weight excluding hydrogens is 1190 g/mol. The van der Waals surface area contributed by atoms with Crippen LogP contribution in [0, 0.1) is 0 Å². The van der Waals surface area contributed by atoms with E-state index in [0.29, 0.717) is 19.3 Å². The maximum absolute atomic E-state index is 12.9. The monoisotopic (exact) mass is 1310 g/mol. The van der Waals surface area contributed by atoms with Crippen molar-refractivity contribution in [2.75, 3.05) is 39.6 Å². The summed E-state index contributed by atoms with van der Waals surface area (Å²) >= 11 is 0. The van der Waals surface area contributed by atoms with Crippen LogP contribution in [0.3, 0.4) is 0 Å². The number of esters is 3. The summed E-state index contributed by atoms with van der Waals surface area (Å²) in [6.45, 7) is 2.24. The highest BCUT2D eigenvalue weighted by Crippen LogP contribution is 2.45. The van der Waals surface area contributed by atoms with Gasteiger partial charge in [-0.05, 0) is 135 Å². The molecule has 5 atom stereocenters. The van der Waals surface area contributed by atoms with Crippen molar-refractivity contribution in [3.8, 4) is 0 Å². The van der Waals surface area contributed by atoms with Gasteiger partial charge in [0.1, 0.15) is 25.4 Å². The maximum Gasteiger partial charge on any atom is 0.472 e. The van der Waals surface area contributed by atoms with E-state index in [1.54, 1.807) is 0 Å². The second-order valence-corrected chi connectivity index (χ2v) is 25.1. The minimum atomic E-state index is -4.94. The Morgan fingerprint density at radius 1 is 0.308 bits per heavy atom. The number of hydrogen-bond acceptors (Lipinski definition) is 14. The van der Waals surface area contributed by atoms with Crippen LogP contribution in [0.2, 0.25) is 0 Å². The molecule has 0 spiro atoms. The van der Waals surface area contributed by atoms with Gasteiger partial charge in [-0.2, -0.15) is 0 Å². The number of aliphatic hydroxyl groups is 2. The number of unbranched alkanes of at least 4 members (excludes halogenated alkanes) is 16. The normalized spacial score (nSPS) is 15.1. The van der Waals surface area contributed by atoms with Crippen molar-refractivity contribution in [1.82, 2.24) is 0 Å². The van der Waals surface area contributed by atoms with Crippen molar-refractivity contribution in [1.29, 1.82) is 0 Å². The summed E-state index contributed by atoms with van der Waals surface area (Å²) in [5.41, 5.74) is 0. The van der Waals surface area contributed by atoms with Crippen LogP contribution < -0.4 is 0 Å². The molecule has 0 fully saturated rings. The Bertz CT molecular complexity index is 2240. The lowest BCUT2D eigenvalue weighted by Gasteiger charge is -2.21. The van der Waals surface area contributed by atoms with E-state index in [0.717, 1.165) is 180 Å². The van der Waals surface area contributed by atoms with E-state index < -0.39 is 91.5 Å². The number of carbonyl (C=O) groups is 3. The summed E-state index contributed by atoms with van der Waals surface area (Å²) in [6.07, 6.45) is 77.5. The van der Waals surface area contributed by atoms with E-state index in [1.165, 1.54) is 0 Å². The fourth-order valence-corrected chi connectivity index (χ4v) is 10.0. The van der Waals surface area contributed by atoms with Gasteiger partial charge in [-0.25, -0.2) is 9.13 Å². The lowest BCUT2D eigenvalue weighted by atomic mass is 10.1. The van der Waals surface area contributed by atoms with Gasteiger partial charge in [0.15, 0.2) is 6.10 Å². The van der Waals surface area contributed by atoms with Crippen LogP contribution in [0.5, 0.6) is 0 Å². The average Bonchev–Trinajstić information content (AvgIpc) is 3.63. The Hall–Kier alpha value is -4.57. The summed E-state index contributed by atoms with van der Waals surface area (Å²) in [5.74, 6) is -1.64. The largest absolute Gasteiger partial charge is 0.472 e. The van der Waals surface area contributed by atoms with Crippen LogP contribution in [-0.2, 0) is 55.8 Å². The van der Waals surface area contributed by atoms with Crippen LogP contribution >= 0.6 is 15.6 Å². The van der Waals surface area contributed by atoms with Crippen molar-refractivity contribution in [2.24, 2.45) is 0 Å². The van der Waals surface area contributed by atoms with Crippen LogP contribution in [0.4, 0.5) is 0 Å². The molecule has 16 nitrogen and oxygen atoms in total. The number of hydrogen-bond donors (Lipinski definition) is 4. The van der Waals surface area contributed by atoms with Crippen LogP contribution in [0.1, 0.15) is 239 Å². The van der Waals surface area contributed by atoms with E-state index in [1.807, 2.05) is 0 Å². The number of allylic oxidation sites excluding steroid dienone is 24. The Balaban J connectivity index is 4.68. The average molecular weight is 1320 g/mol. The topological polar surface area (TPSA) is 231 Å². The number of rotatable bonds is 63. The Labute approximate surface area is 549 Å². The molecule has 0 aliphatic heterocycles. The second kappa shape index (κ2) is 65.5. The fraction of sp³-hybridized carbons (Fsp3) is 0.630. The third-order valence-corrected chi connectivity index (χ3v) is 15.4. The van der Waals surface area contributed by atoms with Crippen molar-refractivity contribution < 1.29 is 75.8 Å². The predicted octanol–water partition coefficient (Wildman–Crippen LogP) is 19.0. The molecule has 0 aliphatic carbocycles. The van der Waals surface area contributed by atoms with E-state index in [-0.39, 0.29) is 19.3 Å². The molecule has 91 heavy (non-hydrogen) atoms. The number of ether oxygens (including phenoxy) is 3.